The van der Waals surface area contributed by atoms with Crippen molar-refractivity contribution in [2.45, 2.75) is 83.5 Å². The van der Waals surface area contributed by atoms with Gasteiger partial charge in [-0.25, -0.2) is 0 Å². The minimum absolute atomic E-state index is 0.185. The van der Waals surface area contributed by atoms with Crippen molar-refractivity contribution in [3.05, 3.63) is 96.3 Å². The second kappa shape index (κ2) is 15.6. The number of rotatable bonds is 12. The van der Waals surface area contributed by atoms with Gasteiger partial charge in [-0.2, -0.15) is 0 Å². The first-order valence-corrected chi connectivity index (χ1v) is 21.7. The van der Waals surface area contributed by atoms with Crippen LogP contribution in [0.2, 0.25) is 0 Å². The van der Waals surface area contributed by atoms with Crippen molar-refractivity contribution in [1.29, 1.82) is 0 Å². The van der Waals surface area contributed by atoms with Gasteiger partial charge in [0, 0.05) is 46.8 Å². The Balaban J connectivity index is 1.06. The number of aromatic nitrogens is 4. The Labute approximate surface area is 341 Å². The van der Waals surface area contributed by atoms with Gasteiger partial charge in [0.05, 0.1) is 42.1 Å². The maximum atomic E-state index is 7.34. The molecule has 6 aliphatic rings. The number of piperidine rings is 3. The molecule has 2 unspecified atom stereocenters. The van der Waals surface area contributed by atoms with Crippen LogP contribution >= 0.6 is 0 Å². The van der Waals surface area contributed by atoms with E-state index in [1.807, 2.05) is 36.7 Å². The van der Waals surface area contributed by atoms with Crippen molar-refractivity contribution < 1.29 is 18.9 Å². The van der Waals surface area contributed by atoms with Crippen molar-refractivity contribution in [2.75, 3.05) is 27.3 Å². The summed E-state index contributed by atoms with van der Waals surface area (Å²) in [4.78, 5) is 12.2. The van der Waals surface area contributed by atoms with Crippen molar-refractivity contribution in [2.24, 2.45) is 35.5 Å². The standard InChI is InChI=1S/C49H55N5O4/c1-5-29-23-33-12-11-31(29)24-40(33)46(36-17-20-50-43-15-13-34(55-3)26-41(36)43)57-48-38-9-7-8-10-39(38)49(53-52-48)58-47(45-25-32-19-22-54(45)28-30(32)6-2)37-18-21-51-44-16-14-35(56-4)27-42(37)44/h7-10,13-18,20-21,26-27,29-33,40,45-47H,5-6,11-12,19,22-25,28H2,1-4H3/t29-,30-,31-,32-,33?,40-,45+,46-,47-/m0/s1. The number of hydrogen-bond acceptors (Lipinski definition) is 9. The fraction of sp³-hybridized carbons (Fsp3) is 0.469. The monoisotopic (exact) mass is 777 g/mol. The lowest BCUT2D eigenvalue weighted by atomic mass is 9.57. The molecule has 0 amide bonds. The smallest absolute Gasteiger partial charge is 0.242 e. The van der Waals surface area contributed by atoms with Crippen LogP contribution in [0, 0.1) is 35.5 Å². The molecule has 9 heteroatoms. The van der Waals surface area contributed by atoms with E-state index < -0.39 is 0 Å². The molecule has 58 heavy (non-hydrogen) atoms. The molecule has 3 aromatic carbocycles. The molecular formula is C49H55N5O4. The van der Waals surface area contributed by atoms with Crippen LogP contribution in [0.3, 0.4) is 0 Å². The topological polar surface area (TPSA) is 91.7 Å². The average molecular weight is 778 g/mol. The third-order valence-corrected chi connectivity index (χ3v) is 14.8. The quantitative estimate of drug-likeness (QED) is 0.120. The number of benzene rings is 3. The zero-order valence-electron chi connectivity index (χ0n) is 34.2. The molecule has 300 valence electrons. The number of methoxy groups -OCH3 is 2. The van der Waals surface area contributed by atoms with Crippen LogP contribution in [-0.2, 0) is 0 Å². The second-order valence-corrected chi connectivity index (χ2v) is 17.4. The minimum Gasteiger partial charge on any atom is -0.497 e. The number of nitrogens with zero attached hydrogens (tertiary/aromatic N) is 5. The zero-order valence-corrected chi connectivity index (χ0v) is 34.2. The summed E-state index contributed by atoms with van der Waals surface area (Å²) in [6.45, 7) is 6.87. The molecule has 4 bridgehead atoms. The predicted molar refractivity (Wildman–Crippen MR) is 227 cm³/mol. The summed E-state index contributed by atoms with van der Waals surface area (Å²) in [5, 5.41) is 13.8. The van der Waals surface area contributed by atoms with Crippen LogP contribution in [0.4, 0.5) is 0 Å². The molecule has 9 nitrogen and oxygen atoms in total. The van der Waals surface area contributed by atoms with Crippen molar-refractivity contribution in [3.8, 4) is 23.3 Å². The highest BCUT2D eigenvalue weighted by Gasteiger charge is 2.47. The van der Waals surface area contributed by atoms with Crippen LogP contribution in [0.15, 0.2) is 85.2 Å². The van der Waals surface area contributed by atoms with E-state index in [2.05, 4.69) is 67.3 Å². The Morgan fingerprint density at radius 1 is 0.621 bits per heavy atom. The molecule has 3 aliphatic carbocycles. The fourth-order valence-corrected chi connectivity index (χ4v) is 11.7. The largest absolute Gasteiger partial charge is 0.497 e. The second-order valence-electron chi connectivity index (χ2n) is 17.4. The predicted octanol–water partition coefficient (Wildman–Crippen LogP) is 10.6. The Morgan fingerprint density at radius 2 is 1.21 bits per heavy atom. The van der Waals surface area contributed by atoms with Gasteiger partial charge in [0.2, 0.25) is 11.8 Å². The maximum absolute atomic E-state index is 7.34. The summed E-state index contributed by atoms with van der Waals surface area (Å²) >= 11 is 0. The van der Waals surface area contributed by atoms with E-state index in [-0.39, 0.29) is 18.2 Å². The molecule has 10 atom stereocenters. The maximum Gasteiger partial charge on any atom is 0.242 e. The van der Waals surface area contributed by atoms with Gasteiger partial charge in [0.1, 0.15) is 23.7 Å². The highest BCUT2D eigenvalue weighted by molar-refractivity contribution is 5.91. The van der Waals surface area contributed by atoms with Gasteiger partial charge in [-0.05, 0) is 135 Å². The highest BCUT2D eigenvalue weighted by Crippen LogP contribution is 2.55. The first-order valence-electron chi connectivity index (χ1n) is 21.7. The van der Waals surface area contributed by atoms with E-state index in [4.69, 9.17) is 39.1 Å². The first kappa shape index (κ1) is 37.3. The van der Waals surface area contributed by atoms with Crippen LogP contribution in [0.25, 0.3) is 32.6 Å². The van der Waals surface area contributed by atoms with Gasteiger partial charge in [-0.3, -0.25) is 14.9 Å². The molecule has 12 rings (SSSR count). The lowest BCUT2D eigenvalue weighted by Crippen LogP contribution is -2.56. The SMILES string of the molecule is CC[C@H]1CC2CC[C@H]1C[C@@H]2[C@@H](Oc1nnc(O[C@@H](c2ccnc3ccc(OC)cc23)[C@H]2C[C@@H]3CCN2C[C@@H]3CC)c2ccccc12)c1ccnc2ccc(OC)cc12. The number of pyridine rings is 2. The lowest BCUT2D eigenvalue weighted by Gasteiger charge is -2.51. The molecule has 3 saturated carbocycles. The molecule has 6 heterocycles. The number of ether oxygens (including phenoxy) is 4. The summed E-state index contributed by atoms with van der Waals surface area (Å²) in [6, 6.07) is 25.0. The number of hydrogen-bond donors (Lipinski definition) is 0. The normalized spacial score (nSPS) is 27.4. The zero-order chi connectivity index (χ0) is 39.3. The third kappa shape index (κ3) is 6.59. The Kier molecular flexibility index (Phi) is 10.0. The lowest BCUT2D eigenvalue weighted by molar-refractivity contribution is -0.0492. The first-order chi connectivity index (χ1) is 28.5. The summed E-state index contributed by atoms with van der Waals surface area (Å²) in [5.74, 6) is 6.50. The van der Waals surface area contributed by atoms with E-state index in [0.717, 1.165) is 93.0 Å². The highest BCUT2D eigenvalue weighted by atomic mass is 16.5. The molecule has 3 saturated heterocycles. The van der Waals surface area contributed by atoms with Gasteiger partial charge in [0.25, 0.3) is 0 Å². The van der Waals surface area contributed by atoms with E-state index in [9.17, 15) is 0 Å². The molecule has 0 N–H and O–H groups in total. The molecule has 6 fully saturated rings. The van der Waals surface area contributed by atoms with E-state index >= 15 is 0 Å². The summed E-state index contributed by atoms with van der Waals surface area (Å²) < 4.78 is 26.1. The van der Waals surface area contributed by atoms with Gasteiger partial charge < -0.3 is 18.9 Å². The van der Waals surface area contributed by atoms with Crippen LogP contribution in [0.5, 0.6) is 23.3 Å². The van der Waals surface area contributed by atoms with E-state index in [1.165, 1.54) is 38.5 Å². The van der Waals surface area contributed by atoms with Gasteiger partial charge in [0.15, 0.2) is 0 Å². The van der Waals surface area contributed by atoms with Crippen LogP contribution < -0.4 is 18.9 Å². The van der Waals surface area contributed by atoms with Gasteiger partial charge in [-0.15, -0.1) is 10.2 Å². The Morgan fingerprint density at radius 3 is 1.76 bits per heavy atom. The molecule has 3 aliphatic heterocycles. The third-order valence-electron chi connectivity index (χ3n) is 14.8. The van der Waals surface area contributed by atoms with E-state index in [1.54, 1.807) is 14.2 Å². The van der Waals surface area contributed by atoms with Crippen LogP contribution in [0.1, 0.15) is 88.5 Å². The van der Waals surface area contributed by atoms with Crippen molar-refractivity contribution in [1.82, 2.24) is 25.1 Å². The summed E-state index contributed by atoms with van der Waals surface area (Å²) in [6.07, 6.45) is 13.0. The molecule has 0 spiro atoms. The van der Waals surface area contributed by atoms with Gasteiger partial charge in [-0.1, -0.05) is 38.8 Å². The van der Waals surface area contributed by atoms with Crippen molar-refractivity contribution >= 4 is 32.6 Å². The van der Waals surface area contributed by atoms with E-state index in [0.29, 0.717) is 35.4 Å². The molecular weight excluding hydrogens is 723 g/mol. The Hall–Kier alpha value is -5.02. The van der Waals surface area contributed by atoms with Crippen LogP contribution in [-0.4, -0.2) is 58.4 Å². The fourth-order valence-electron chi connectivity index (χ4n) is 11.7. The summed E-state index contributed by atoms with van der Waals surface area (Å²) in [7, 11) is 3.44. The Bertz CT molecular complexity index is 2270. The molecule has 0 radical (unpaired) electrons. The van der Waals surface area contributed by atoms with Gasteiger partial charge >= 0.3 is 0 Å². The number of fused-ring (bicyclic) bond motifs is 9. The minimum atomic E-state index is -0.294. The van der Waals surface area contributed by atoms with Crippen molar-refractivity contribution in [3.63, 3.8) is 0 Å². The average Bonchev–Trinajstić information content (AvgIpc) is 3.29. The molecule has 3 aromatic heterocycles. The molecule has 6 aromatic rings. The summed E-state index contributed by atoms with van der Waals surface area (Å²) in [5.41, 5.74) is 4.08.